The van der Waals surface area contributed by atoms with Crippen molar-refractivity contribution < 1.29 is 14.7 Å². The third-order valence-corrected chi connectivity index (χ3v) is 3.39. The van der Waals surface area contributed by atoms with Crippen LogP contribution in [0.15, 0.2) is 66.7 Å². The number of ketones is 1. The average molecular weight is 275 g/mol. The fraction of sp³-hybridized carbons (Fsp3) is 0. The maximum atomic E-state index is 12.6. The van der Waals surface area contributed by atoms with Gasteiger partial charge in [0.15, 0.2) is 5.78 Å². The molecular weight excluding hydrogens is 264 g/mol. The number of carboxylic acid groups (broad SMARTS) is 1. The monoisotopic (exact) mass is 275 g/mol. The fourth-order valence-electron chi connectivity index (χ4n) is 2.37. The standard InChI is InChI=1S/C18H12O3/c19-17(13-7-3-8-14(11-13)18(20)21)16-10-4-6-12-5-1-2-9-15(12)16/h1-11H,(H,20,21)/p-1. The molecule has 0 bridgehead atoms. The summed E-state index contributed by atoms with van der Waals surface area (Å²) in [6, 6.07) is 19.0. The van der Waals surface area contributed by atoms with E-state index in [1.165, 1.54) is 12.1 Å². The molecule has 0 aliphatic carbocycles. The van der Waals surface area contributed by atoms with E-state index in [1.807, 2.05) is 36.4 Å². The van der Waals surface area contributed by atoms with Crippen molar-refractivity contribution in [1.82, 2.24) is 0 Å². The lowest BCUT2D eigenvalue weighted by Gasteiger charge is -2.08. The average Bonchev–Trinajstić information content (AvgIpc) is 2.53. The van der Waals surface area contributed by atoms with Crippen LogP contribution < -0.4 is 5.11 Å². The highest BCUT2D eigenvalue weighted by Crippen LogP contribution is 2.21. The van der Waals surface area contributed by atoms with Gasteiger partial charge in [0.05, 0.1) is 5.97 Å². The van der Waals surface area contributed by atoms with Crippen LogP contribution in [-0.4, -0.2) is 11.8 Å². The highest BCUT2D eigenvalue weighted by molar-refractivity contribution is 6.16. The van der Waals surface area contributed by atoms with Gasteiger partial charge >= 0.3 is 0 Å². The molecule has 0 unspecified atom stereocenters. The molecule has 0 atom stereocenters. The van der Waals surface area contributed by atoms with Gasteiger partial charge in [-0.05, 0) is 22.4 Å². The molecule has 3 heteroatoms. The molecular formula is C18H11O3-. The van der Waals surface area contributed by atoms with E-state index in [2.05, 4.69) is 0 Å². The Labute approximate surface area is 121 Å². The van der Waals surface area contributed by atoms with E-state index in [-0.39, 0.29) is 11.3 Å². The molecule has 0 aliphatic rings. The van der Waals surface area contributed by atoms with Crippen LogP contribution in [0.1, 0.15) is 26.3 Å². The highest BCUT2D eigenvalue weighted by atomic mass is 16.4. The molecule has 0 fully saturated rings. The topological polar surface area (TPSA) is 57.2 Å². The van der Waals surface area contributed by atoms with Gasteiger partial charge in [-0.1, -0.05) is 60.7 Å². The highest BCUT2D eigenvalue weighted by Gasteiger charge is 2.12. The van der Waals surface area contributed by atoms with Crippen molar-refractivity contribution >= 4 is 22.5 Å². The molecule has 0 heterocycles. The van der Waals surface area contributed by atoms with Crippen molar-refractivity contribution in [2.75, 3.05) is 0 Å². The largest absolute Gasteiger partial charge is 0.545 e. The number of rotatable bonds is 3. The summed E-state index contributed by atoms with van der Waals surface area (Å²) in [6.07, 6.45) is 0. The first kappa shape index (κ1) is 13.1. The minimum absolute atomic E-state index is 0.00101. The summed E-state index contributed by atoms with van der Waals surface area (Å²) in [4.78, 5) is 23.5. The van der Waals surface area contributed by atoms with Crippen molar-refractivity contribution in [3.63, 3.8) is 0 Å². The van der Waals surface area contributed by atoms with E-state index < -0.39 is 5.97 Å². The Morgan fingerprint density at radius 2 is 1.43 bits per heavy atom. The smallest absolute Gasteiger partial charge is 0.193 e. The molecule has 3 rings (SSSR count). The van der Waals surface area contributed by atoms with E-state index >= 15 is 0 Å². The molecule has 0 radical (unpaired) electrons. The van der Waals surface area contributed by atoms with Crippen LogP contribution in [0.5, 0.6) is 0 Å². The quantitative estimate of drug-likeness (QED) is 0.690. The number of hydrogen-bond acceptors (Lipinski definition) is 3. The van der Waals surface area contributed by atoms with Gasteiger partial charge in [0.2, 0.25) is 0 Å². The number of fused-ring (bicyclic) bond motifs is 1. The van der Waals surface area contributed by atoms with Gasteiger partial charge in [-0.2, -0.15) is 0 Å². The molecule has 0 saturated heterocycles. The molecule has 0 amide bonds. The molecule has 0 N–H and O–H groups in total. The van der Waals surface area contributed by atoms with Gasteiger partial charge in [0, 0.05) is 11.1 Å². The number of carbonyl (C=O) groups is 2. The number of carboxylic acids is 1. The lowest BCUT2D eigenvalue weighted by molar-refractivity contribution is -0.255. The van der Waals surface area contributed by atoms with Gasteiger partial charge < -0.3 is 9.90 Å². The molecule has 0 aliphatic heterocycles. The van der Waals surface area contributed by atoms with Crippen LogP contribution in [0.2, 0.25) is 0 Å². The van der Waals surface area contributed by atoms with Crippen molar-refractivity contribution in [1.29, 1.82) is 0 Å². The molecule has 0 aromatic heterocycles. The van der Waals surface area contributed by atoms with Crippen LogP contribution in [0.4, 0.5) is 0 Å². The first-order valence-electron chi connectivity index (χ1n) is 6.51. The van der Waals surface area contributed by atoms with Crippen LogP contribution in [0.3, 0.4) is 0 Å². The number of hydrogen-bond donors (Lipinski definition) is 0. The summed E-state index contributed by atoms with van der Waals surface area (Å²) < 4.78 is 0. The summed E-state index contributed by atoms with van der Waals surface area (Å²) in [7, 11) is 0. The minimum Gasteiger partial charge on any atom is -0.545 e. The molecule has 0 spiro atoms. The Morgan fingerprint density at radius 1 is 0.762 bits per heavy atom. The lowest BCUT2D eigenvalue weighted by Crippen LogP contribution is -2.22. The van der Waals surface area contributed by atoms with E-state index in [0.717, 1.165) is 10.8 Å². The Kier molecular flexibility index (Phi) is 3.24. The van der Waals surface area contributed by atoms with Gasteiger partial charge in [0.25, 0.3) is 0 Å². The molecule has 102 valence electrons. The van der Waals surface area contributed by atoms with E-state index in [4.69, 9.17) is 0 Å². The third kappa shape index (κ3) is 2.41. The Bertz CT molecular complexity index is 844. The van der Waals surface area contributed by atoms with E-state index in [0.29, 0.717) is 11.1 Å². The molecule has 3 aromatic carbocycles. The van der Waals surface area contributed by atoms with Crippen LogP contribution in [-0.2, 0) is 0 Å². The van der Waals surface area contributed by atoms with Crippen molar-refractivity contribution in [3.8, 4) is 0 Å². The maximum absolute atomic E-state index is 12.6. The van der Waals surface area contributed by atoms with Crippen molar-refractivity contribution in [3.05, 3.63) is 83.4 Å². The normalized spacial score (nSPS) is 10.5. The van der Waals surface area contributed by atoms with Crippen molar-refractivity contribution in [2.45, 2.75) is 0 Å². The van der Waals surface area contributed by atoms with E-state index in [9.17, 15) is 14.7 Å². The maximum Gasteiger partial charge on any atom is 0.193 e. The Balaban J connectivity index is 2.13. The molecule has 21 heavy (non-hydrogen) atoms. The van der Waals surface area contributed by atoms with E-state index in [1.54, 1.807) is 18.2 Å². The molecule has 0 saturated carbocycles. The summed E-state index contributed by atoms with van der Waals surface area (Å²) in [5.41, 5.74) is 0.901. The number of aromatic carboxylic acids is 1. The second-order valence-electron chi connectivity index (χ2n) is 4.72. The first-order chi connectivity index (χ1) is 10.2. The van der Waals surface area contributed by atoms with Crippen molar-refractivity contribution in [2.24, 2.45) is 0 Å². The predicted molar refractivity (Wildman–Crippen MR) is 78.2 cm³/mol. The van der Waals surface area contributed by atoms with Crippen LogP contribution in [0, 0.1) is 0 Å². The zero-order valence-corrected chi connectivity index (χ0v) is 11.1. The Morgan fingerprint density at radius 3 is 2.24 bits per heavy atom. The van der Waals surface area contributed by atoms with Crippen LogP contribution in [0.25, 0.3) is 10.8 Å². The first-order valence-corrected chi connectivity index (χ1v) is 6.51. The summed E-state index contributed by atoms with van der Waals surface area (Å²) in [5, 5.41) is 12.7. The van der Waals surface area contributed by atoms with Gasteiger partial charge in [-0.15, -0.1) is 0 Å². The molecule has 3 nitrogen and oxygen atoms in total. The minimum atomic E-state index is -1.29. The second kappa shape index (κ2) is 5.21. The Hall–Kier alpha value is -2.94. The summed E-state index contributed by atoms with van der Waals surface area (Å²) >= 11 is 0. The fourth-order valence-corrected chi connectivity index (χ4v) is 2.37. The zero-order chi connectivity index (χ0) is 14.8. The number of benzene rings is 3. The van der Waals surface area contributed by atoms with Gasteiger partial charge in [0.1, 0.15) is 0 Å². The summed E-state index contributed by atoms with van der Waals surface area (Å²) in [5.74, 6) is -1.49. The predicted octanol–water partition coefficient (Wildman–Crippen LogP) is 2.43. The lowest BCUT2D eigenvalue weighted by atomic mass is 9.96. The second-order valence-corrected chi connectivity index (χ2v) is 4.72. The zero-order valence-electron chi connectivity index (χ0n) is 11.1. The third-order valence-electron chi connectivity index (χ3n) is 3.39. The SMILES string of the molecule is O=C([O-])c1cccc(C(=O)c2cccc3ccccc23)c1. The molecule has 3 aromatic rings. The van der Waals surface area contributed by atoms with Gasteiger partial charge in [-0.3, -0.25) is 4.79 Å². The summed E-state index contributed by atoms with van der Waals surface area (Å²) in [6.45, 7) is 0. The van der Waals surface area contributed by atoms with Crippen LogP contribution >= 0.6 is 0 Å². The number of carbonyl (C=O) groups excluding carboxylic acids is 2. The van der Waals surface area contributed by atoms with Gasteiger partial charge in [-0.25, -0.2) is 0 Å².